The van der Waals surface area contributed by atoms with E-state index in [0.717, 1.165) is 22.6 Å². The monoisotopic (exact) mass is 281 g/mol. The van der Waals surface area contributed by atoms with Crippen LogP contribution in [-0.4, -0.2) is 28.7 Å². The van der Waals surface area contributed by atoms with E-state index in [0.29, 0.717) is 11.6 Å². The third-order valence-corrected chi connectivity index (χ3v) is 3.09. The van der Waals surface area contributed by atoms with Crippen molar-refractivity contribution in [2.75, 3.05) is 13.9 Å². The fourth-order valence-corrected chi connectivity index (χ4v) is 2.13. The van der Waals surface area contributed by atoms with Crippen LogP contribution in [0.25, 0.3) is 11.3 Å². The van der Waals surface area contributed by atoms with Gasteiger partial charge < -0.3 is 9.47 Å². The standard InChI is InChI=1S/C13H16ClN3O2/c1-9-13(19-8-18-3)5-4-11(16-9)10-7-15-17(2)12(10)6-14/h4-5,7H,6,8H2,1-3H3. The lowest BCUT2D eigenvalue weighted by atomic mass is 10.1. The zero-order valence-corrected chi connectivity index (χ0v) is 11.9. The molecule has 0 bridgehead atoms. The van der Waals surface area contributed by atoms with Crippen molar-refractivity contribution in [2.24, 2.45) is 7.05 Å². The molecule has 0 amide bonds. The summed E-state index contributed by atoms with van der Waals surface area (Å²) in [5.74, 6) is 1.11. The van der Waals surface area contributed by atoms with Crippen LogP contribution >= 0.6 is 11.6 Å². The normalized spacial score (nSPS) is 10.7. The Morgan fingerprint density at radius 2 is 2.16 bits per heavy atom. The molecule has 2 rings (SSSR count). The second kappa shape index (κ2) is 6.04. The predicted octanol–water partition coefficient (Wildman–Crippen LogP) is 2.51. The molecule has 0 aromatic carbocycles. The summed E-state index contributed by atoms with van der Waals surface area (Å²) in [4.78, 5) is 4.53. The molecule has 0 saturated heterocycles. The summed E-state index contributed by atoms with van der Waals surface area (Å²) in [6.07, 6.45) is 1.77. The highest BCUT2D eigenvalue weighted by Crippen LogP contribution is 2.26. The molecule has 2 aromatic rings. The van der Waals surface area contributed by atoms with E-state index in [1.54, 1.807) is 18.0 Å². The number of aryl methyl sites for hydroxylation is 2. The van der Waals surface area contributed by atoms with Gasteiger partial charge in [0.15, 0.2) is 6.79 Å². The molecule has 6 heteroatoms. The van der Waals surface area contributed by atoms with Crippen molar-refractivity contribution in [3.05, 3.63) is 29.7 Å². The summed E-state index contributed by atoms with van der Waals surface area (Å²) in [6.45, 7) is 2.10. The van der Waals surface area contributed by atoms with Crippen LogP contribution in [0.5, 0.6) is 5.75 Å². The minimum absolute atomic E-state index is 0.210. The van der Waals surface area contributed by atoms with E-state index in [9.17, 15) is 0 Å². The molecule has 0 saturated carbocycles. The Balaban J connectivity index is 2.33. The second-order valence-corrected chi connectivity index (χ2v) is 4.36. The molecule has 5 nitrogen and oxygen atoms in total. The quantitative estimate of drug-likeness (QED) is 0.624. The zero-order valence-electron chi connectivity index (χ0n) is 11.2. The predicted molar refractivity (Wildman–Crippen MR) is 73.2 cm³/mol. The number of halogens is 1. The van der Waals surface area contributed by atoms with E-state index in [-0.39, 0.29) is 6.79 Å². The average Bonchev–Trinajstić information content (AvgIpc) is 2.78. The lowest BCUT2D eigenvalue weighted by Crippen LogP contribution is -2.02. The molecule has 0 atom stereocenters. The van der Waals surface area contributed by atoms with Gasteiger partial charge in [-0.3, -0.25) is 4.68 Å². The second-order valence-electron chi connectivity index (χ2n) is 4.09. The number of methoxy groups -OCH3 is 1. The molecule has 0 fully saturated rings. The summed E-state index contributed by atoms with van der Waals surface area (Å²) in [5, 5.41) is 4.21. The third kappa shape index (κ3) is 2.88. The summed E-state index contributed by atoms with van der Waals surface area (Å²) in [7, 11) is 3.45. The topological polar surface area (TPSA) is 49.2 Å². The van der Waals surface area contributed by atoms with Crippen molar-refractivity contribution < 1.29 is 9.47 Å². The van der Waals surface area contributed by atoms with Crippen molar-refractivity contribution in [1.29, 1.82) is 0 Å². The lowest BCUT2D eigenvalue weighted by molar-refractivity contribution is 0.0503. The van der Waals surface area contributed by atoms with Crippen LogP contribution in [0.3, 0.4) is 0 Å². The maximum absolute atomic E-state index is 5.94. The SMILES string of the molecule is COCOc1ccc(-c2cnn(C)c2CCl)nc1C. The number of aromatic nitrogens is 3. The summed E-state index contributed by atoms with van der Waals surface area (Å²) in [5.41, 5.74) is 3.53. The average molecular weight is 282 g/mol. The number of rotatable bonds is 5. The first-order valence-electron chi connectivity index (χ1n) is 5.84. The Kier molecular flexibility index (Phi) is 4.39. The summed E-state index contributed by atoms with van der Waals surface area (Å²) in [6, 6.07) is 3.77. The molecule has 0 N–H and O–H groups in total. The van der Waals surface area contributed by atoms with Gasteiger partial charge in [-0.15, -0.1) is 11.6 Å². The number of pyridine rings is 1. The number of hydrogen-bond acceptors (Lipinski definition) is 4. The lowest BCUT2D eigenvalue weighted by Gasteiger charge is -2.09. The van der Waals surface area contributed by atoms with Gasteiger partial charge in [-0.1, -0.05) is 0 Å². The largest absolute Gasteiger partial charge is 0.466 e. The van der Waals surface area contributed by atoms with Crippen LogP contribution in [0.15, 0.2) is 18.3 Å². The van der Waals surface area contributed by atoms with Gasteiger partial charge in [-0.05, 0) is 19.1 Å². The van der Waals surface area contributed by atoms with E-state index in [4.69, 9.17) is 21.1 Å². The van der Waals surface area contributed by atoms with Crippen LogP contribution in [0.2, 0.25) is 0 Å². The molecule has 2 heterocycles. The minimum Gasteiger partial charge on any atom is -0.466 e. The first kappa shape index (κ1) is 13.8. The van der Waals surface area contributed by atoms with E-state index in [2.05, 4.69) is 10.1 Å². The van der Waals surface area contributed by atoms with Gasteiger partial charge >= 0.3 is 0 Å². The highest BCUT2D eigenvalue weighted by molar-refractivity contribution is 6.17. The molecule has 0 unspecified atom stereocenters. The Morgan fingerprint density at radius 3 is 2.79 bits per heavy atom. The molecule has 0 spiro atoms. The van der Waals surface area contributed by atoms with Crippen LogP contribution in [-0.2, 0) is 17.7 Å². The van der Waals surface area contributed by atoms with Crippen LogP contribution in [0.1, 0.15) is 11.4 Å². The van der Waals surface area contributed by atoms with Gasteiger partial charge in [0.1, 0.15) is 5.75 Å². The molecule has 2 aromatic heterocycles. The number of alkyl halides is 1. The van der Waals surface area contributed by atoms with Crippen molar-refractivity contribution >= 4 is 11.6 Å². The molecular formula is C13H16ClN3O2. The van der Waals surface area contributed by atoms with Gasteiger partial charge in [0.25, 0.3) is 0 Å². The van der Waals surface area contributed by atoms with Crippen LogP contribution in [0.4, 0.5) is 0 Å². The van der Waals surface area contributed by atoms with Crippen molar-refractivity contribution in [3.8, 4) is 17.0 Å². The van der Waals surface area contributed by atoms with Crippen molar-refractivity contribution in [3.63, 3.8) is 0 Å². The van der Waals surface area contributed by atoms with Crippen LogP contribution < -0.4 is 4.74 Å². The molecule has 0 aliphatic heterocycles. The fraction of sp³-hybridized carbons (Fsp3) is 0.385. The Labute approximate surface area is 117 Å². The maximum Gasteiger partial charge on any atom is 0.188 e. The first-order valence-corrected chi connectivity index (χ1v) is 6.37. The molecule has 0 aliphatic rings. The third-order valence-electron chi connectivity index (χ3n) is 2.83. The van der Waals surface area contributed by atoms with Gasteiger partial charge in [0, 0.05) is 19.7 Å². The molecular weight excluding hydrogens is 266 g/mol. The van der Waals surface area contributed by atoms with Gasteiger partial charge in [0.2, 0.25) is 0 Å². The zero-order chi connectivity index (χ0) is 13.8. The van der Waals surface area contributed by atoms with Crippen molar-refractivity contribution in [1.82, 2.24) is 14.8 Å². The van der Waals surface area contributed by atoms with Gasteiger partial charge in [-0.2, -0.15) is 5.10 Å². The number of hydrogen-bond donors (Lipinski definition) is 0. The van der Waals surface area contributed by atoms with E-state index >= 15 is 0 Å². The molecule has 19 heavy (non-hydrogen) atoms. The minimum atomic E-state index is 0.210. The van der Waals surface area contributed by atoms with Gasteiger partial charge in [-0.25, -0.2) is 4.98 Å². The Hall–Kier alpha value is -1.59. The van der Waals surface area contributed by atoms with Gasteiger partial charge in [0.05, 0.1) is 29.2 Å². The smallest absolute Gasteiger partial charge is 0.188 e. The summed E-state index contributed by atoms with van der Waals surface area (Å²) < 4.78 is 12.0. The molecule has 0 aliphatic carbocycles. The van der Waals surface area contributed by atoms with E-state index < -0.39 is 0 Å². The Bertz CT molecular complexity index is 569. The molecule has 102 valence electrons. The maximum atomic E-state index is 5.94. The van der Waals surface area contributed by atoms with E-state index in [1.165, 1.54) is 0 Å². The number of nitrogens with zero attached hydrogens (tertiary/aromatic N) is 3. The van der Waals surface area contributed by atoms with Crippen LogP contribution in [0, 0.1) is 6.92 Å². The fourth-order valence-electron chi connectivity index (χ4n) is 1.81. The van der Waals surface area contributed by atoms with Crippen molar-refractivity contribution in [2.45, 2.75) is 12.8 Å². The Morgan fingerprint density at radius 1 is 1.37 bits per heavy atom. The highest BCUT2D eigenvalue weighted by atomic mass is 35.5. The van der Waals surface area contributed by atoms with E-state index in [1.807, 2.05) is 26.1 Å². The number of ether oxygens (including phenoxy) is 2. The molecule has 0 radical (unpaired) electrons. The summed E-state index contributed by atoms with van der Waals surface area (Å²) >= 11 is 5.94. The first-order chi connectivity index (χ1) is 9.17. The highest BCUT2D eigenvalue weighted by Gasteiger charge is 2.12.